The molecular weight excluding hydrogens is 302 g/mol. The Hall–Kier alpha value is -2.06. The average molecular weight is 329 g/mol. The molecule has 1 amide bonds. The highest BCUT2D eigenvalue weighted by molar-refractivity contribution is 5.79. The smallest absolute Gasteiger partial charge is 0.235 e. The number of nitrogens with one attached hydrogen (secondary N) is 1. The molecule has 1 aromatic rings. The summed E-state index contributed by atoms with van der Waals surface area (Å²) >= 11 is 0. The number of benzene rings is 1. The van der Waals surface area contributed by atoms with Crippen molar-refractivity contribution < 1.29 is 9.90 Å². The van der Waals surface area contributed by atoms with Gasteiger partial charge in [-0.05, 0) is 44.5 Å². The van der Waals surface area contributed by atoms with Crippen LogP contribution in [0.1, 0.15) is 57.1 Å². The van der Waals surface area contributed by atoms with E-state index >= 15 is 0 Å². The number of hydrogen-bond acceptors (Lipinski definition) is 4. The van der Waals surface area contributed by atoms with Gasteiger partial charge in [0.1, 0.15) is 11.3 Å². The fraction of sp³-hybridized carbons (Fsp3) is 0.579. The summed E-state index contributed by atoms with van der Waals surface area (Å²) in [4.78, 5) is 14.4. The Morgan fingerprint density at radius 1 is 1.38 bits per heavy atom. The van der Waals surface area contributed by atoms with Crippen molar-refractivity contribution in [2.75, 3.05) is 13.6 Å². The summed E-state index contributed by atoms with van der Waals surface area (Å²) in [5, 5.41) is 22.1. The number of likely N-dealkylation sites (N-methyl/N-ethyl adjacent to an activating group) is 1. The molecule has 5 nitrogen and oxygen atoms in total. The van der Waals surface area contributed by atoms with Crippen LogP contribution in [0.15, 0.2) is 24.3 Å². The number of nitrogens with zero attached hydrogens (tertiary/aromatic N) is 2. The van der Waals surface area contributed by atoms with Gasteiger partial charge < -0.3 is 10.4 Å². The van der Waals surface area contributed by atoms with Gasteiger partial charge in [0.25, 0.3) is 0 Å². The average Bonchev–Trinajstić information content (AvgIpc) is 2.80. The standard InChI is InChI=1S/C19H27N3O2/c1-15(16-8-7-9-17(23)12-16)22(2)13-18(24)21-19(14-20)10-5-3-4-6-11-19/h7-9,12,15,23H,3-6,10-11,13H2,1-2H3,(H,21,24)/t15-/m1/s1. The monoisotopic (exact) mass is 329 g/mol. The number of carbonyl (C=O) groups excluding carboxylic acids is 1. The summed E-state index contributed by atoms with van der Waals surface area (Å²) < 4.78 is 0. The summed E-state index contributed by atoms with van der Waals surface area (Å²) in [5.41, 5.74) is 0.248. The van der Waals surface area contributed by atoms with Gasteiger partial charge in [0, 0.05) is 6.04 Å². The topological polar surface area (TPSA) is 76.4 Å². The Bertz CT molecular complexity index is 601. The van der Waals surface area contributed by atoms with Crippen LogP contribution in [0.4, 0.5) is 0 Å². The Morgan fingerprint density at radius 2 is 2.04 bits per heavy atom. The number of carbonyl (C=O) groups is 1. The highest BCUT2D eigenvalue weighted by Gasteiger charge is 2.32. The van der Waals surface area contributed by atoms with Crippen LogP contribution in [0.3, 0.4) is 0 Å². The van der Waals surface area contributed by atoms with E-state index in [0.29, 0.717) is 0 Å². The predicted octanol–water partition coefficient (Wildman–Crippen LogP) is 3.12. The van der Waals surface area contributed by atoms with Gasteiger partial charge >= 0.3 is 0 Å². The zero-order chi connectivity index (χ0) is 17.6. The van der Waals surface area contributed by atoms with Gasteiger partial charge in [-0.25, -0.2) is 0 Å². The molecule has 1 saturated carbocycles. The number of nitriles is 1. The van der Waals surface area contributed by atoms with Crippen molar-refractivity contribution in [2.24, 2.45) is 0 Å². The van der Waals surface area contributed by atoms with Gasteiger partial charge in [0.2, 0.25) is 5.91 Å². The van der Waals surface area contributed by atoms with Gasteiger partial charge in [-0.2, -0.15) is 5.26 Å². The second-order valence-corrected chi connectivity index (χ2v) is 6.84. The minimum Gasteiger partial charge on any atom is -0.508 e. The van der Waals surface area contributed by atoms with E-state index in [1.807, 2.05) is 24.9 Å². The van der Waals surface area contributed by atoms with Crippen LogP contribution in [-0.4, -0.2) is 35.0 Å². The van der Waals surface area contributed by atoms with Crippen molar-refractivity contribution in [2.45, 2.75) is 57.0 Å². The maximum Gasteiger partial charge on any atom is 0.235 e. The number of hydrogen-bond donors (Lipinski definition) is 2. The maximum absolute atomic E-state index is 12.4. The van der Waals surface area contributed by atoms with Crippen molar-refractivity contribution in [3.63, 3.8) is 0 Å². The third kappa shape index (κ3) is 4.72. The zero-order valence-corrected chi connectivity index (χ0v) is 14.6. The minimum atomic E-state index is -0.706. The summed E-state index contributed by atoms with van der Waals surface area (Å²) in [6.07, 6.45) is 5.72. The van der Waals surface area contributed by atoms with Gasteiger partial charge in [0.15, 0.2) is 0 Å². The van der Waals surface area contributed by atoms with Crippen LogP contribution in [0.25, 0.3) is 0 Å². The van der Waals surface area contributed by atoms with Gasteiger partial charge in [-0.3, -0.25) is 9.69 Å². The van der Waals surface area contributed by atoms with E-state index in [2.05, 4.69) is 11.4 Å². The first-order valence-electron chi connectivity index (χ1n) is 8.67. The van der Waals surface area contributed by atoms with E-state index in [-0.39, 0.29) is 24.2 Å². The molecule has 2 N–H and O–H groups in total. The molecule has 130 valence electrons. The first-order chi connectivity index (χ1) is 11.5. The second kappa shape index (κ2) is 8.16. The first-order valence-corrected chi connectivity index (χ1v) is 8.67. The number of aromatic hydroxyl groups is 1. The fourth-order valence-corrected chi connectivity index (χ4v) is 3.31. The minimum absolute atomic E-state index is 0.00461. The molecule has 2 rings (SSSR count). The lowest BCUT2D eigenvalue weighted by atomic mass is 9.92. The van der Waals surface area contributed by atoms with Crippen molar-refractivity contribution in [1.29, 1.82) is 5.26 Å². The number of amides is 1. The zero-order valence-electron chi connectivity index (χ0n) is 14.6. The molecule has 1 aliphatic rings. The second-order valence-electron chi connectivity index (χ2n) is 6.84. The molecule has 0 spiro atoms. The molecule has 5 heteroatoms. The van der Waals surface area contributed by atoms with Crippen molar-refractivity contribution in [3.8, 4) is 11.8 Å². The van der Waals surface area contributed by atoms with Crippen LogP contribution in [0.5, 0.6) is 5.75 Å². The highest BCUT2D eigenvalue weighted by atomic mass is 16.3. The molecule has 1 atom stereocenters. The highest BCUT2D eigenvalue weighted by Crippen LogP contribution is 2.27. The van der Waals surface area contributed by atoms with E-state index in [9.17, 15) is 15.2 Å². The quantitative estimate of drug-likeness (QED) is 0.814. The van der Waals surface area contributed by atoms with Gasteiger partial charge in [-0.1, -0.05) is 37.8 Å². The lowest BCUT2D eigenvalue weighted by Crippen LogP contribution is -2.50. The van der Waals surface area contributed by atoms with E-state index < -0.39 is 5.54 Å². The number of phenolic OH excluding ortho intramolecular Hbond substituents is 1. The third-order valence-corrected chi connectivity index (χ3v) is 4.96. The first kappa shape index (κ1) is 18.3. The largest absolute Gasteiger partial charge is 0.508 e. The van der Waals surface area contributed by atoms with E-state index in [1.54, 1.807) is 18.2 Å². The molecule has 0 aliphatic heterocycles. The van der Waals surface area contributed by atoms with Crippen LogP contribution in [0, 0.1) is 11.3 Å². The van der Waals surface area contributed by atoms with Crippen LogP contribution in [0.2, 0.25) is 0 Å². The number of phenols is 1. The summed E-state index contributed by atoms with van der Waals surface area (Å²) in [7, 11) is 1.88. The maximum atomic E-state index is 12.4. The van der Waals surface area contributed by atoms with Gasteiger partial charge in [-0.15, -0.1) is 0 Å². The van der Waals surface area contributed by atoms with Crippen LogP contribution < -0.4 is 5.32 Å². The fourth-order valence-electron chi connectivity index (χ4n) is 3.31. The lowest BCUT2D eigenvalue weighted by molar-refractivity contribution is -0.123. The molecule has 0 heterocycles. The molecule has 0 bridgehead atoms. The van der Waals surface area contributed by atoms with E-state index in [1.165, 1.54) is 0 Å². The summed E-state index contributed by atoms with van der Waals surface area (Å²) in [6.45, 7) is 2.22. The predicted molar refractivity (Wildman–Crippen MR) is 93.3 cm³/mol. The molecule has 0 saturated heterocycles. The third-order valence-electron chi connectivity index (χ3n) is 4.96. The molecule has 0 unspecified atom stereocenters. The van der Waals surface area contributed by atoms with Crippen molar-refractivity contribution in [1.82, 2.24) is 10.2 Å². The van der Waals surface area contributed by atoms with Crippen molar-refractivity contribution >= 4 is 5.91 Å². The van der Waals surface area contributed by atoms with Crippen LogP contribution in [-0.2, 0) is 4.79 Å². The molecular formula is C19H27N3O2. The van der Waals surface area contributed by atoms with E-state index in [0.717, 1.165) is 44.1 Å². The normalized spacial score (nSPS) is 18.4. The lowest BCUT2D eigenvalue weighted by Gasteiger charge is -2.29. The molecule has 0 radical (unpaired) electrons. The molecule has 24 heavy (non-hydrogen) atoms. The van der Waals surface area contributed by atoms with E-state index in [4.69, 9.17) is 0 Å². The van der Waals surface area contributed by atoms with Gasteiger partial charge in [0.05, 0.1) is 12.6 Å². The van der Waals surface area contributed by atoms with Crippen molar-refractivity contribution in [3.05, 3.63) is 29.8 Å². The molecule has 0 aromatic heterocycles. The number of rotatable bonds is 5. The Balaban J connectivity index is 1.96. The van der Waals surface area contributed by atoms with Crippen LogP contribution >= 0.6 is 0 Å². The Kier molecular flexibility index (Phi) is 6.22. The Morgan fingerprint density at radius 3 is 2.62 bits per heavy atom. The summed E-state index contributed by atoms with van der Waals surface area (Å²) in [5.74, 6) is 0.104. The molecule has 1 fully saturated rings. The SMILES string of the molecule is C[C@H](c1cccc(O)c1)N(C)CC(=O)NC1(C#N)CCCCCC1. The molecule has 1 aliphatic carbocycles. The molecule has 1 aromatic carbocycles. The summed E-state index contributed by atoms with van der Waals surface area (Å²) in [6, 6.07) is 9.41. The Labute approximate surface area is 144 Å².